The van der Waals surface area contributed by atoms with Crippen molar-refractivity contribution in [3.8, 4) is 11.5 Å². The molecule has 7 nitrogen and oxygen atoms in total. The summed E-state index contributed by atoms with van der Waals surface area (Å²) in [6.45, 7) is 0.416. The zero-order valence-electron chi connectivity index (χ0n) is 13.2. The molecule has 1 aliphatic heterocycles. The molecule has 0 bridgehead atoms. The maximum absolute atomic E-state index is 12.0. The number of nitrogens with one attached hydrogen (secondary N) is 1. The number of hydrogen-bond acceptors (Lipinski definition) is 5. The minimum Gasteiger partial charge on any atom is -0.497 e. The van der Waals surface area contributed by atoms with E-state index in [4.69, 9.17) is 19.3 Å². The van der Waals surface area contributed by atoms with Crippen LogP contribution in [0.2, 0.25) is 0 Å². The summed E-state index contributed by atoms with van der Waals surface area (Å²) in [6, 6.07) is 5.50. The number of aliphatic carboxylic acids is 1. The highest BCUT2D eigenvalue weighted by molar-refractivity contribution is 5.82. The molecule has 1 saturated heterocycles. The van der Waals surface area contributed by atoms with Crippen molar-refractivity contribution < 1.29 is 28.9 Å². The fourth-order valence-electron chi connectivity index (χ4n) is 2.50. The molecule has 1 amide bonds. The van der Waals surface area contributed by atoms with E-state index in [1.54, 1.807) is 20.3 Å². The van der Waals surface area contributed by atoms with E-state index in [1.807, 2.05) is 12.1 Å². The average Bonchev–Trinajstić information content (AvgIpc) is 3.05. The number of benzene rings is 1. The fourth-order valence-corrected chi connectivity index (χ4v) is 2.50. The lowest BCUT2D eigenvalue weighted by Crippen LogP contribution is -2.36. The van der Waals surface area contributed by atoms with Crippen LogP contribution in [0.1, 0.15) is 18.4 Å². The molecular formula is C16H21NO6. The summed E-state index contributed by atoms with van der Waals surface area (Å²) in [5.74, 6) is 0.0971. The molecule has 1 fully saturated rings. The van der Waals surface area contributed by atoms with E-state index in [9.17, 15) is 9.59 Å². The van der Waals surface area contributed by atoms with Crippen molar-refractivity contribution in [2.75, 3.05) is 20.8 Å². The third-order valence-electron chi connectivity index (χ3n) is 3.78. The van der Waals surface area contributed by atoms with Crippen molar-refractivity contribution in [3.05, 3.63) is 23.8 Å². The molecule has 0 spiro atoms. The van der Waals surface area contributed by atoms with Crippen molar-refractivity contribution in [1.82, 2.24) is 5.32 Å². The number of rotatable bonds is 7. The number of amides is 1. The highest BCUT2D eigenvalue weighted by Gasteiger charge is 2.34. The molecule has 7 heteroatoms. The van der Waals surface area contributed by atoms with Crippen LogP contribution in [-0.2, 0) is 20.7 Å². The minimum absolute atomic E-state index is 0.277. The summed E-state index contributed by atoms with van der Waals surface area (Å²) >= 11 is 0. The standard InChI is InChI=1S/C16H21NO6/c1-21-11-4-3-10(14(9-11)22-2)7-8-17-15(18)12-5-6-13(23-12)16(19)20/h3-4,9,12-13H,5-8H2,1-2H3,(H,17,18)(H,19,20)/t12-,13+/m0/s1. The monoisotopic (exact) mass is 323 g/mol. The van der Waals surface area contributed by atoms with Gasteiger partial charge in [0.2, 0.25) is 5.91 Å². The normalized spacial score (nSPS) is 20.1. The zero-order chi connectivity index (χ0) is 16.8. The molecule has 1 aliphatic rings. The van der Waals surface area contributed by atoms with E-state index in [1.165, 1.54) is 0 Å². The molecule has 23 heavy (non-hydrogen) atoms. The van der Waals surface area contributed by atoms with Gasteiger partial charge >= 0.3 is 5.97 Å². The van der Waals surface area contributed by atoms with Crippen LogP contribution in [0, 0.1) is 0 Å². The molecule has 2 N–H and O–H groups in total. The highest BCUT2D eigenvalue weighted by atomic mass is 16.5. The molecule has 0 radical (unpaired) electrons. The Balaban J connectivity index is 1.83. The Bertz CT molecular complexity index is 574. The van der Waals surface area contributed by atoms with Crippen LogP contribution in [0.4, 0.5) is 0 Å². The third kappa shape index (κ3) is 4.35. The van der Waals surface area contributed by atoms with Gasteiger partial charge in [0.15, 0.2) is 6.10 Å². The molecule has 1 heterocycles. The SMILES string of the molecule is COc1ccc(CCNC(=O)[C@@H]2CC[C@H](C(=O)O)O2)c(OC)c1. The fraction of sp³-hybridized carbons (Fsp3) is 0.500. The lowest BCUT2D eigenvalue weighted by molar-refractivity contribution is -0.151. The molecule has 0 aliphatic carbocycles. The van der Waals surface area contributed by atoms with Gasteiger partial charge in [-0.1, -0.05) is 6.07 Å². The number of hydrogen-bond donors (Lipinski definition) is 2. The molecule has 0 unspecified atom stereocenters. The van der Waals surface area contributed by atoms with Gasteiger partial charge < -0.3 is 24.6 Å². The average molecular weight is 323 g/mol. The van der Waals surface area contributed by atoms with Gasteiger partial charge in [-0.25, -0.2) is 4.79 Å². The van der Waals surface area contributed by atoms with Crippen LogP contribution in [0.25, 0.3) is 0 Å². The first-order valence-corrected chi connectivity index (χ1v) is 7.42. The number of ether oxygens (including phenoxy) is 3. The maximum Gasteiger partial charge on any atom is 0.332 e. The van der Waals surface area contributed by atoms with Gasteiger partial charge in [0, 0.05) is 12.6 Å². The van der Waals surface area contributed by atoms with Crippen molar-refractivity contribution in [3.63, 3.8) is 0 Å². The number of carboxylic acids is 1. The van der Waals surface area contributed by atoms with E-state index in [0.29, 0.717) is 37.3 Å². The molecular weight excluding hydrogens is 302 g/mol. The Morgan fingerprint density at radius 1 is 1.26 bits per heavy atom. The molecule has 2 atom stereocenters. The lowest BCUT2D eigenvalue weighted by atomic mass is 10.1. The Kier molecular flexibility index (Phi) is 5.81. The van der Waals surface area contributed by atoms with E-state index in [-0.39, 0.29) is 5.91 Å². The van der Waals surface area contributed by atoms with Crippen LogP contribution >= 0.6 is 0 Å². The second kappa shape index (κ2) is 7.82. The van der Waals surface area contributed by atoms with Crippen LogP contribution in [0.15, 0.2) is 18.2 Å². The van der Waals surface area contributed by atoms with E-state index >= 15 is 0 Å². The first-order chi connectivity index (χ1) is 11.0. The Labute approximate surface area is 134 Å². The predicted molar refractivity (Wildman–Crippen MR) is 81.8 cm³/mol. The Morgan fingerprint density at radius 3 is 2.61 bits per heavy atom. The Hall–Kier alpha value is -2.28. The maximum atomic E-state index is 12.0. The molecule has 126 valence electrons. The van der Waals surface area contributed by atoms with Crippen molar-refractivity contribution in [2.45, 2.75) is 31.5 Å². The summed E-state index contributed by atoms with van der Waals surface area (Å²) in [4.78, 5) is 22.8. The van der Waals surface area contributed by atoms with Crippen LogP contribution in [-0.4, -0.2) is 50.0 Å². The van der Waals surface area contributed by atoms with Crippen LogP contribution < -0.4 is 14.8 Å². The first-order valence-electron chi connectivity index (χ1n) is 7.42. The third-order valence-corrected chi connectivity index (χ3v) is 3.78. The first kappa shape index (κ1) is 17.1. The quantitative estimate of drug-likeness (QED) is 0.777. The summed E-state index contributed by atoms with van der Waals surface area (Å²) in [6.07, 6.45) is -0.191. The van der Waals surface area contributed by atoms with Gasteiger partial charge in [-0.05, 0) is 30.9 Å². The summed E-state index contributed by atoms with van der Waals surface area (Å²) in [5, 5.41) is 11.6. The van der Waals surface area contributed by atoms with E-state index in [0.717, 1.165) is 5.56 Å². The molecule has 1 aromatic rings. The van der Waals surface area contributed by atoms with Gasteiger partial charge in [-0.3, -0.25) is 4.79 Å². The smallest absolute Gasteiger partial charge is 0.332 e. The molecule has 0 saturated carbocycles. The summed E-state index contributed by atoms with van der Waals surface area (Å²) < 4.78 is 15.6. The zero-order valence-corrected chi connectivity index (χ0v) is 13.2. The van der Waals surface area contributed by atoms with E-state index in [2.05, 4.69) is 5.32 Å². The largest absolute Gasteiger partial charge is 0.497 e. The highest BCUT2D eigenvalue weighted by Crippen LogP contribution is 2.25. The van der Waals surface area contributed by atoms with Gasteiger partial charge in [-0.15, -0.1) is 0 Å². The summed E-state index contributed by atoms with van der Waals surface area (Å²) in [7, 11) is 3.16. The van der Waals surface area contributed by atoms with Crippen LogP contribution in [0.3, 0.4) is 0 Å². The number of carboxylic acid groups (broad SMARTS) is 1. The topological polar surface area (TPSA) is 94.1 Å². The molecule has 2 rings (SSSR count). The predicted octanol–water partition coefficient (Wildman–Crippen LogP) is 0.995. The number of carbonyl (C=O) groups is 2. The Morgan fingerprint density at radius 2 is 2.00 bits per heavy atom. The van der Waals surface area contributed by atoms with Gasteiger partial charge in [0.05, 0.1) is 14.2 Å². The van der Waals surface area contributed by atoms with Crippen molar-refractivity contribution in [2.24, 2.45) is 0 Å². The van der Waals surface area contributed by atoms with Gasteiger partial charge in [0.25, 0.3) is 0 Å². The van der Waals surface area contributed by atoms with E-state index < -0.39 is 18.2 Å². The number of methoxy groups -OCH3 is 2. The van der Waals surface area contributed by atoms with Gasteiger partial charge in [0.1, 0.15) is 17.6 Å². The molecule has 1 aromatic carbocycles. The molecule has 0 aromatic heterocycles. The van der Waals surface area contributed by atoms with Crippen molar-refractivity contribution >= 4 is 11.9 Å². The summed E-state index contributed by atoms with van der Waals surface area (Å²) in [5.41, 5.74) is 0.948. The van der Waals surface area contributed by atoms with Crippen molar-refractivity contribution in [1.29, 1.82) is 0 Å². The minimum atomic E-state index is -1.02. The lowest BCUT2D eigenvalue weighted by Gasteiger charge is -2.13. The second-order valence-electron chi connectivity index (χ2n) is 5.25. The number of carbonyl (C=O) groups excluding carboxylic acids is 1. The second-order valence-corrected chi connectivity index (χ2v) is 5.25. The van der Waals surface area contributed by atoms with Gasteiger partial charge in [-0.2, -0.15) is 0 Å². The van der Waals surface area contributed by atoms with Crippen LogP contribution in [0.5, 0.6) is 11.5 Å².